The lowest BCUT2D eigenvalue weighted by atomic mass is 10.2. The van der Waals surface area contributed by atoms with Crippen LogP contribution in [0.15, 0.2) is 18.6 Å². The van der Waals surface area contributed by atoms with Crippen molar-refractivity contribution in [2.75, 3.05) is 36.5 Å². The smallest absolute Gasteiger partial charge is 0.228 e. The van der Waals surface area contributed by atoms with E-state index in [4.69, 9.17) is 19.8 Å². The number of ether oxygens (including phenoxy) is 1. The highest BCUT2D eigenvalue weighted by Crippen LogP contribution is 2.32. The lowest BCUT2D eigenvalue weighted by Crippen LogP contribution is -2.44. The largest absolute Gasteiger partial charge is 0.380 e. The molecule has 10 heteroatoms. The number of hydrogen-bond donors (Lipinski definition) is 2. The molecule has 152 valence electrons. The van der Waals surface area contributed by atoms with Crippen molar-refractivity contribution in [1.29, 1.82) is 0 Å². The predicted molar refractivity (Wildman–Crippen MR) is 109 cm³/mol. The first-order chi connectivity index (χ1) is 14.2. The van der Waals surface area contributed by atoms with Crippen molar-refractivity contribution in [2.45, 2.75) is 38.9 Å². The number of nitrogens with zero attached hydrogens (tertiary/aromatic N) is 7. The van der Waals surface area contributed by atoms with Gasteiger partial charge in [-0.25, -0.2) is 15.0 Å². The molecule has 0 radical (unpaired) electrons. The Balaban J connectivity index is 1.58. The number of piperazine rings is 1. The number of aryl methyl sites for hydroxylation is 1. The molecule has 0 unspecified atom stereocenters. The number of aromatic nitrogens is 6. The molecule has 2 fully saturated rings. The molecule has 29 heavy (non-hydrogen) atoms. The van der Waals surface area contributed by atoms with Gasteiger partial charge >= 0.3 is 0 Å². The van der Waals surface area contributed by atoms with E-state index < -0.39 is 0 Å². The lowest BCUT2D eigenvalue weighted by molar-refractivity contribution is 0.137. The van der Waals surface area contributed by atoms with Crippen LogP contribution in [0.1, 0.15) is 19.0 Å². The van der Waals surface area contributed by atoms with Crippen LogP contribution in [0.25, 0.3) is 11.0 Å². The number of rotatable bonds is 7. The molecule has 0 spiro atoms. The van der Waals surface area contributed by atoms with Gasteiger partial charge < -0.3 is 20.3 Å². The van der Waals surface area contributed by atoms with Gasteiger partial charge in [0.25, 0.3) is 0 Å². The van der Waals surface area contributed by atoms with E-state index in [9.17, 15) is 0 Å². The minimum atomic E-state index is 0.442. The maximum Gasteiger partial charge on any atom is 0.228 e. The van der Waals surface area contributed by atoms with Crippen LogP contribution in [-0.2, 0) is 11.3 Å². The summed E-state index contributed by atoms with van der Waals surface area (Å²) >= 11 is 0. The first-order valence-electron chi connectivity index (χ1n) is 10.1. The lowest BCUT2D eigenvalue weighted by Gasteiger charge is -2.27. The Labute approximate surface area is 168 Å². The van der Waals surface area contributed by atoms with Crippen LogP contribution in [0.3, 0.4) is 0 Å². The van der Waals surface area contributed by atoms with Crippen molar-refractivity contribution >= 4 is 28.6 Å². The minimum Gasteiger partial charge on any atom is -0.380 e. The molecular formula is C19H25N9O. The van der Waals surface area contributed by atoms with Crippen LogP contribution in [0.2, 0.25) is 0 Å². The maximum absolute atomic E-state index is 5.53. The summed E-state index contributed by atoms with van der Waals surface area (Å²) in [6, 6.07) is 2.79. The summed E-state index contributed by atoms with van der Waals surface area (Å²) < 4.78 is 7.46. The van der Waals surface area contributed by atoms with E-state index in [2.05, 4.69) is 25.5 Å². The summed E-state index contributed by atoms with van der Waals surface area (Å²) in [4.78, 5) is 20.4. The molecule has 2 atom stereocenters. The summed E-state index contributed by atoms with van der Waals surface area (Å²) in [5, 5.41) is 11.6. The fraction of sp³-hybridized carbons (Fsp3) is 0.526. The normalized spacial score (nSPS) is 20.7. The average Bonchev–Trinajstić information content (AvgIpc) is 3.44. The molecule has 2 aliphatic rings. The minimum absolute atomic E-state index is 0.442. The van der Waals surface area contributed by atoms with E-state index in [-0.39, 0.29) is 0 Å². The third kappa shape index (κ3) is 3.38. The van der Waals surface area contributed by atoms with Gasteiger partial charge in [-0.05, 0) is 26.3 Å². The van der Waals surface area contributed by atoms with Gasteiger partial charge in [0.05, 0.1) is 18.8 Å². The molecule has 0 amide bonds. The Hall–Kier alpha value is -2.85. The molecule has 3 aromatic rings. The summed E-state index contributed by atoms with van der Waals surface area (Å²) in [5.41, 5.74) is 2.61. The van der Waals surface area contributed by atoms with Crippen LogP contribution < -0.4 is 15.5 Å². The van der Waals surface area contributed by atoms with Crippen LogP contribution in [0, 0.1) is 6.92 Å². The third-order valence-electron chi connectivity index (χ3n) is 5.54. The zero-order chi connectivity index (χ0) is 19.8. The number of anilines is 3. The van der Waals surface area contributed by atoms with Gasteiger partial charge in [-0.3, -0.25) is 4.68 Å². The molecule has 3 aromatic heterocycles. The van der Waals surface area contributed by atoms with Crippen molar-refractivity contribution in [3.8, 4) is 0 Å². The van der Waals surface area contributed by atoms with Gasteiger partial charge in [-0.1, -0.05) is 0 Å². The van der Waals surface area contributed by atoms with E-state index in [0.717, 1.165) is 42.2 Å². The van der Waals surface area contributed by atoms with Crippen molar-refractivity contribution in [2.24, 2.45) is 0 Å². The van der Waals surface area contributed by atoms with Crippen molar-refractivity contribution < 1.29 is 4.74 Å². The SMILES string of the molecule is CCOCCn1nc(C)c2nc(N3C[C@@H]4C[C@H]3CN4)nc(Nc3ccncn3)c21. The van der Waals surface area contributed by atoms with E-state index in [1.165, 1.54) is 6.33 Å². The average molecular weight is 395 g/mol. The Morgan fingerprint density at radius 1 is 1.34 bits per heavy atom. The monoisotopic (exact) mass is 395 g/mol. The quantitative estimate of drug-likeness (QED) is 0.572. The fourth-order valence-electron chi connectivity index (χ4n) is 4.18. The predicted octanol–water partition coefficient (Wildman–Crippen LogP) is 1.26. The molecule has 0 aliphatic carbocycles. The first-order valence-corrected chi connectivity index (χ1v) is 10.1. The van der Waals surface area contributed by atoms with Crippen molar-refractivity contribution in [1.82, 2.24) is 35.0 Å². The third-order valence-corrected chi connectivity index (χ3v) is 5.54. The van der Waals surface area contributed by atoms with Gasteiger partial charge in [0.1, 0.15) is 23.2 Å². The standard InChI is InChI=1S/C19H25N9O/c1-3-29-7-6-28-17-16(12(2)26-28)24-19(27-10-13-8-14(27)9-21-13)25-18(17)23-15-4-5-20-11-22-15/h4-5,11,13-14,21H,3,6-10H2,1-2H3,(H,20,22,23,24,25)/t13-,14-/m0/s1. The van der Waals surface area contributed by atoms with Gasteiger partial charge in [0.2, 0.25) is 5.95 Å². The zero-order valence-electron chi connectivity index (χ0n) is 16.7. The van der Waals surface area contributed by atoms with E-state index in [1.807, 2.05) is 24.6 Å². The van der Waals surface area contributed by atoms with Crippen LogP contribution in [0.4, 0.5) is 17.6 Å². The van der Waals surface area contributed by atoms with Gasteiger partial charge in [-0.2, -0.15) is 10.1 Å². The number of fused-ring (bicyclic) bond motifs is 3. The molecule has 2 bridgehead atoms. The molecular weight excluding hydrogens is 370 g/mol. The second-order valence-electron chi connectivity index (χ2n) is 7.44. The number of hydrogen-bond acceptors (Lipinski definition) is 9. The number of nitrogens with one attached hydrogen (secondary N) is 2. The Bertz CT molecular complexity index is 1010. The topological polar surface area (TPSA) is 106 Å². The fourth-order valence-corrected chi connectivity index (χ4v) is 4.18. The van der Waals surface area contributed by atoms with E-state index in [0.29, 0.717) is 43.5 Å². The second-order valence-corrected chi connectivity index (χ2v) is 7.44. The van der Waals surface area contributed by atoms with Gasteiger partial charge in [0.15, 0.2) is 5.82 Å². The second kappa shape index (κ2) is 7.53. The summed E-state index contributed by atoms with van der Waals surface area (Å²) in [7, 11) is 0. The highest BCUT2D eigenvalue weighted by atomic mass is 16.5. The highest BCUT2D eigenvalue weighted by molar-refractivity contribution is 5.90. The molecule has 10 nitrogen and oxygen atoms in total. The molecule has 2 N–H and O–H groups in total. The summed E-state index contributed by atoms with van der Waals surface area (Å²) in [5.74, 6) is 2.14. The first kappa shape index (κ1) is 18.2. The molecule has 2 saturated heterocycles. The van der Waals surface area contributed by atoms with Gasteiger partial charge in [0, 0.05) is 38.0 Å². The van der Waals surface area contributed by atoms with Gasteiger partial charge in [-0.15, -0.1) is 0 Å². The maximum atomic E-state index is 5.53. The summed E-state index contributed by atoms with van der Waals surface area (Å²) in [6.45, 7) is 7.79. The van der Waals surface area contributed by atoms with Crippen molar-refractivity contribution in [3.63, 3.8) is 0 Å². The summed E-state index contributed by atoms with van der Waals surface area (Å²) in [6.07, 6.45) is 4.37. The Kier molecular flexibility index (Phi) is 4.72. The molecule has 5 heterocycles. The molecule has 2 aliphatic heterocycles. The highest BCUT2D eigenvalue weighted by Gasteiger charge is 2.39. The molecule has 0 aromatic carbocycles. The zero-order valence-corrected chi connectivity index (χ0v) is 16.7. The van der Waals surface area contributed by atoms with Crippen LogP contribution in [-0.4, -0.2) is 68.1 Å². The van der Waals surface area contributed by atoms with E-state index in [1.54, 1.807) is 6.20 Å². The molecule has 0 saturated carbocycles. The molecule has 5 rings (SSSR count). The Morgan fingerprint density at radius 3 is 3.00 bits per heavy atom. The Morgan fingerprint density at radius 2 is 2.28 bits per heavy atom. The van der Waals surface area contributed by atoms with Crippen molar-refractivity contribution in [3.05, 3.63) is 24.3 Å². The van der Waals surface area contributed by atoms with E-state index >= 15 is 0 Å². The van der Waals surface area contributed by atoms with Crippen LogP contribution >= 0.6 is 0 Å². The van der Waals surface area contributed by atoms with Crippen LogP contribution in [0.5, 0.6) is 0 Å².